The Morgan fingerprint density at radius 1 is 1.18 bits per heavy atom. The maximum atomic E-state index is 11.9. The molecular formula is C12H19N3O2. The lowest BCUT2D eigenvalue weighted by Crippen LogP contribution is -2.51. The molecule has 3 atom stereocenters. The largest absolute Gasteiger partial charge is 0.351 e. The Morgan fingerprint density at radius 3 is 2.47 bits per heavy atom. The molecule has 3 aliphatic heterocycles. The van der Waals surface area contributed by atoms with Gasteiger partial charge in [-0.25, -0.2) is 0 Å². The normalized spacial score (nSPS) is 40.1. The highest BCUT2D eigenvalue weighted by molar-refractivity contribution is 5.90. The molecule has 94 valence electrons. The molecule has 3 fully saturated rings. The molecule has 0 saturated carbocycles. The summed E-state index contributed by atoms with van der Waals surface area (Å²) in [6, 6.07) is 1.16. The highest BCUT2D eigenvalue weighted by Crippen LogP contribution is 2.26. The van der Waals surface area contributed by atoms with E-state index in [1.807, 2.05) is 0 Å². The Hall–Kier alpha value is -1.10. The monoisotopic (exact) mass is 237 g/mol. The summed E-state index contributed by atoms with van der Waals surface area (Å²) in [5, 5.41) is 9.35. The number of nitrogens with one attached hydrogen (secondary N) is 3. The average Bonchev–Trinajstić information content (AvgIpc) is 2.85. The van der Waals surface area contributed by atoms with Gasteiger partial charge in [-0.2, -0.15) is 0 Å². The SMILES string of the molecule is O=C1CC[C@H](C(=O)NC2CC3CCC(C2)N3)N1. The van der Waals surface area contributed by atoms with Gasteiger partial charge in [0, 0.05) is 24.5 Å². The first-order chi connectivity index (χ1) is 8.20. The molecule has 5 nitrogen and oxygen atoms in total. The van der Waals surface area contributed by atoms with Gasteiger partial charge < -0.3 is 16.0 Å². The van der Waals surface area contributed by atoms with Crippen LogP contribution in [-0.4, -0.2) is 36.0 Å². The van der Waals surface area contributed by atoms with Gasteiger partial charge in [-0.3, -0.25) is 9.59 Å². The minimum Gasteiger partial charge on any atom is -0.351 e. The first-order valence-corrected chi connectivity index (χ1v) is 6.56. The predicted molar refractivity (Wildman–Crippen MR) is 62.3 cm³/mol. The summed E-state index contributed by atoms with van der Waals surface area (Å²) >= 11 is 0. The first kappa shape index (κ1) is 11.0. The molecule has 0 spiro atoms. The van der Waals surface area contributed by atoms with Crippen LogP contribution in [0.2, 0.25) is 0 Å². The summed E-state index contributed by atoms with van der Waals surface area (Å²) < 4.78 is 0. The summed E-state index contributed by atoms with van der Waals surface area (Å²) in [5.74, 6) is -0.00215. The van der Waals surface area contributed by atoms with Gasteiger partial charge in [0.15, 0.2) is 0 Å². The third-order valence-corrected chi connectivity index (χ3v) is 4.13. The fourth-order valence-corrected chi connectivity index (χ4v) is 3.29. The van der Waals surface area contributed by atoms with Gasteiger partial charge in [0.2, 0.25) is 11.8 Å². The molecule has 0 aromatic rings. The lowest BCUT2D eigenvalue weighted by Gasteiger charge is -2.30. The van der Waals surface area contributed by atoms with Crippen molar-refractivity contribution in [3.63, 3.8) is 0 Å². The van der Waals surface area contributed by atoms with Crippen molar-refractivity contribution in [3.8, 4) is 0 Å². The van der Waals surface area contributed by atoms with Crippen LogP contribution in [0.1, 0.15) is 38.5 Å². The number of carbonyl (C=O) groups excluding carboxylic acids is 2. The molecular weight excluding hydrogens is 218 g/mol. The molecule has 0 radical (unpaired) electrons. The van der Waals surface area contributed by atoms with Crippen LogP contribution in [-0.2, 0) is 9.59 Å². The maximum absolute atomic E-state index is 11.9. The van der Waals surface area contributed by atoms with E-state index in [0.717, 1.165) is 12.8 Å². The van der Waals surface area contributed by atoms with E-state index in [1.165, 1.54) is 12.8 Å². The Bertz CT molecular complexity index is 333. The summed E-state index contributed by atoms with van der Waals surface area (Å²) in [4.78, 5) is 23.0. The number of rotatable bonds is 2. The van der Waals surface area contributed by atoms with Crippen LogP contribution in [0.3, 0.4) is 0 Å². The van der Waals surface area contributed by atoms with Crippen molar-refractivity contribution < 1.29 is 9.59 Å². The summed E-state index contributed by atoms with van der Waals surface area (Å²) in [7, 11) is 0. The van der Waals surface area contributed by atoms with Crippen LogP contribution >= 0.6 is 0 Å². The Kier molecular flexibility index (Phi) is 2.78. The van der Waals surface area contributed by atoms with Crippen molar-refractivity contribution >= 4 is 11.8 Å². The molecule has 3 N–H and O–H groups in total. The van der Waals surface area contributed by atoms with Crippen LogP contribution in [0.15, 0.2) is 0 Å². The van der Waals surface area contributed by atoms with E-state index in [9.17, 15) is 9.59 Å². The zero-order valence-electron chi connectivity index (χ0n) is 9.87. The van der Waals surface area contributed by atoms with Crippen LogP contribution in [0.25, 0.3) is 0 Å². The fourth-order valence-electron chi connectivity index (χ4n) is 3.29. The van der Waals surface area contributed by atoms with Gasteiger partial charge in [0.1, 0.15) is 6.04 Å². The summed E-state index contributed by atoms with van der Waals surface area (Å²) in [6.45, 7) is 0. The molecule has 0 aromatic carbocycles. The molecule has 3 rings (SSSR count). The van der Waals surface area contributed by atoms with Gasteiger partial charge in [-0.15, -0.1) is 0 Å². The van der Waals surface area contributed by atoms with Crippen LogP contribution in [0, 0.1) is 0 Å². The maximum Gasteiger partial charge on any atom is 0.242 e. The van der Waals surface area contributed by atoms with E-state index in [-0.39, 0.29) is 17.9 Å². The Balaban J connectivity index is 1.53. The standard InChI is InChI=1S/C12H19N3O2/c16-11-4-3-10(15-11)12(17)14-9-5-7-1-2-8(6-9)13-7/h7-10,13H,1-6H2,(H,14,17)(H,15,16)/t7?,8?,9?,10-/m1/s1. The van der Waals surface area contributed by atoms with Gasteiger partial charge >= 0.3 is 0 Å². The number of carbonyl (C=O) groups is 2. The quantitative estimate of drug-likeness (QED) is 0.615. The third-order valence-electron chi connectivity index (χ3n) is 4.13. The number of fused-ring (bicyclic) bond motifs is 2. The molecule has 2 amide bonds. The highest BCUT2D eigenvalue weighted by Gasteiger charge is 2.35. The van der Waals surface area contributed by atoms with Gasteiger partial charge in [-0.05, 0) is 32.1 Å². The van der Waals surface area contributed by atoms with E-state index >= 15 is 0 Å². The lowest BCUT2D eigenvalue weighted by atomic mass is 9.99. The van der Waals surface area contributed by atoms with Crippen molar-refractivity contribution in [1.82, 2.24) is 16.0 Å². The molecule has 0 aliphatic carbocycles. The molecule has 17 heavy (non-hydrogen) atoms. The van der Waals surface area contributed by atoms with E-state index in [4.69, 9.17) is 0 Å². The smallest absolute Gasteiger partial charge is 0.242 e. The molecule has 3 heterocycles. The van der Waals surface area contributed by atoms with Gasteiger partial charge in [0.05, 0.1) is 0 Å². The molecule has 5 heteroatoms. The molecule has 0 aromatic heterocycles. The number of hydrogen-bond acceptors (Lipinski definition) is 3. The first-order valence-electron chi connectivity index (χ1n) is 6.56. The van der Waals surface area contributed by atoms with Gasteiger partial charge in [0.25, 0.3) is 0 Å². The third kappa shape index (κ3) is 2.29. The second-order valence-electron chi connectivity index (χ2n) is 5.47. The van der Waals surface area contributed by atoms with Crippen LogP contribution in [0.4, 0.5) is 0 Å². The van der Waals surface area contributed by atoms with Crippen LogP contribution in [0.5, 0.6) is 0 Å². The second-order valence-corrected chi connectivity index (χ2v) is 5.47. The van der Waals surface area contributed by atoms with Crippen molar-refractivity contribution in [1.29, 1.82) is 0 Å². The predicted octanol–water partition coefficient (Wildman–Crippen LogP) is -0.336. The van der Waals surface area contributed by atoms with Gasteiger partial charge in [-0.1, -0.05) is 0 Å². The second kappa shape index (κ2) is 4.29. The highest BCUT2D eigenvalue weighted by atomic mass is 16.2. The summed E-state index contributed by atoms with van der Waals surface area (Å²) in [5.41, 5.74) is 0. The lowest BCUT2D eigenvalue weighted by molar-refractivity contribution is -0.126. The number of piperidine rings is 1. The Labute approximate surface area is 101 Å². The topological polar surface area (TPSA) is 70.2 Å². The molecule has 2 unspecified atom stereocenters. The number of amides is 2. The fraction of sp³-hybridized carbons (Fsp3) is 0.833. The molecule has 2 bridgehead atoms. The van der Waals surface area contributed by atoms with Crippen molar-refractivity contribution in [2.45, 2.75) is 62.7 Å². The van der Waals surface area contributed by atoms with Crippen molar-refractivity contribution in [3.05, 3.63) is 0 Å². The number of hydrogen-bond donors (Lipinski definition) is 3. The summed E-state index contributed by atoms with van der Waals surface area (Å²) in [6.07, 6.45) is 5.65. The Morgan fingerprint density at radius 2 is 1.88 bits per heavy atom. The molecule has 3 aliphatic rings. The van der Waals surface area contributed by atoms with Crippen molar-refractivity contribution in [2.75, 3.05) is 0 Å². The minimum absolute atomic E-state index is 0.00199. The molecule has 3 saturated heterocycles. The van der Waals surface area contributed by atoms with Crippen molar-refractivity contribution in [2.24, 2.45) is 0 Å². The zero-order valence-corrected chi connectivity index (χ0v) is 9.87. The van der Waals surface area contributed by atoms with E-state index in [1.54, 1.807) is 0 Å². The van der Waals surface area contributed by atoms with E-state index in [2.05, 4.69) is 16.0 Å². The minimum atomic E-state index is -0.296. The zero-order chi connectivity index (χ0) is 11.8. The van der Waals surface area contributed by atoms with E-state index < -0.39 is 0 Å². The van der Waals surface area contributed by atoms with E-state index in [0.29, 0.717) is 31.0 Å². The average molecular weight is 237 g/mol. The van der Waals surface area contributed by atoms with Crippen LogP contribution < -0.4 is 16.0 Å².